The van der Waals surface area contributed by atoms with Gasteiger partial charge in [-0.15, -0.1) is 0 Å². The number of hydrogen-bond acceptors (Lipinski definition) is 4. The second-order valence-corrected chi connectivity index (χ2v) is 6.85. The van der Waals surface area contributed by atoms with E-state index in [1.807, 2.05) is 0 Å². The standard InChI is InChI=1S/C16H34N2O2/c1-6-14-13-18(8-11-20-10-7-9-19-5)15(12-17-14)16(2,3)4/h14-15,17H,6-13H2,1-5H3. The molecule has 0 spiro atoms. The monoisotopic (exact) mass is 286 g/mol. The molecule has 0 bridgehead atoms. The molecule has 120 valence electrons. The summed E-state index contributed by atoms with van der Waals surface area (Å²) in [6.07, 6.45) is 2.18. The Labute approximate surface area is 125 Å². The molecule has 0 amide bonds. The Bertz CT molecular complexity index is 253. The molecule has 0 saturated carbocycles. The van der Waals surface area contributed by atoms with E-state index in [0.717, 1.165) is 45.9 Å². The molecule has 1 rings (SSSR count). The topological polar surface area (TPSA) is 33.7 Å². The van der Waals surface area contributed by atoms with Gasteiger partial charge in [0.2, 0.25) is 0 Å². The van der Waals surface area contributed by atoms with E-state index in [9.17, 15) is 0 Å². The molecule has 0 aliphatic carbocycles. The molecule has 1 saturated heterocycles. The van der Waals surface area contributed by atoms with Gasteiger partial charge in [-0.1, -0.05) is 27.7 Å². The summed E-state index contributed by atoms with van der Waals surface area (Å²) in [6.45, 7) is 14.9. The summed E-state index contributed by atoms with van der Waals surface area (Å²) in [5.41, 5.74) is 0.307. The molecule has 1 aliphatic heterocycles. The average molecular weight is 286 g/mol. The van der Waals surface area contributed by atoms with Gasteiger partial charge in [0.05, 0.1) is 6.61 Å². The Balaban J connectivity index is 2.36. The number of ether oxygens (including phenoxy) is 2. The third-order valence-electron chi connectivity index (χ3n) is 4.15. The minimum Gasteiger partial charge on any atom is -0.385 e. The summed E-state index contributed by atoms with van der Waals surface area (Å²) >= 11 is 0. The fraction of sp³-hybridized carbons (Fsp3) is 1.00. The van der Waals surface area contributed by atoms with E-state index in [4.69, 9.17) is 9.47 Å². The SMILES string of the molecule is CCC1CN(CCOCCCOC)C(C(C)(C)C)CN1. The Morgan fingerprint density at radius 1 is 1.20 bits per heavy atom. The van der Waals surface area contributed by atoms with Crippen LogP contribution in [0.3, 0.4) is 0 Å². The zero-order valence-corrected chi connectivity index (χ0v) is 14.1. The van der Waals surface area contributed by atoms with Crippen LogP contribution < -0.4 is 5.32 Å². The van der Waals surface area contributed by atoms with Crippen molar-refractivity contribution >= 4 is 0 Å². The van der Waals surface area contributed by atoms with E-state index in [0.29, 0.717) is 17.5 Å². The van der Waals surface area contributed by atoms with Crippen LogP contribution in [0.4, 0.5) is 0 Å². The zero-order valence-electron chi connectivity index (χ0n) is 14.1. The number of nitrogens with zero attached hydrogens (tertiary/aromatic N) is 1. The lowest BCUT2D eigenvalue weighted by molar-refractivity contribution is 0.0211. The van der Waals surface area contributed by atoms with Crippen molar-refractivity contribution in [1.82, 2.24) is 10.2 Å². The minimum absolute atomic E-state index is 0.307. The first-order chi connectivity index (χ1) is 9.49. The highest BCUT2D eigenvalue weighted by atomic mass is 16.5. The first kappa shape index (κ1) is 17.9. The minimum atomic E-state index is 0.307. The van der Waals surface area contributed by atoms with E-state index in [1.165, 1.54) is 6.42 Å². The van der Waals surface area contributed by atoms with Gasteiger partial charge < -0.3 is 14.8 Å². The van der Waals surface area contributed by atoms with Gasteiger partial charge in [-0.3, -0.25) is 4.90 Å². The van der Waals surface area contributed by atoms with Gasteiger partial charge >= 0.3 is 0 Å². The van der Waals surface area contributed by atoms with Crippen LogP contribution in [0.2, 0.25) is 0 Å². The van der Waals surface area contributed by atoms with Crippen LogP contribution in [-0.2, 0) is 9.47 Å². The van der Waals surface area contributed by atoms with Crippen molar-refractivity contribution in [2.24, 2.45) is 5.41 Å². The molecule has 0 aromatic carbocycles. The number of methoxy groups -OCH3 is 1. The lowest BCUT2D eigenvalue weighted by Gasteiger charge is -2.46. The first-order valence-corrected chi connectivity index (χ1v) is 8.03. The zero-order chi connectivity index (χ0) is 15.0. The van der Waals surface area contributed by atoms with Gasteiger partial charge in [0.1, 0.15) is 0 Å². The molecule has 20 heavy (non-hydrogen) atoms. The first-order valence-electron chi connectivity index (χ1n) is 8.03. The molecule has 0 aromatic rings. The molecule has 4 heteroatoms. The van der Waals surface area contributed by atoms with E-state index in [2.05, 4.69) is 37.9 Å². The summed E-state index contributed by atoms with van der Waals surface area (Å²) in [5.74, 6) is 0. The van der Waals surface area contributed by atoms with Crippen LogP contribution in [0.1, 0.15) is 40.5 Å². The van der Waals surface area contributed by atoms with Crippen molar-refractivity contribution < 1.29 is 9.47 Å². The number of hydrogen-bond donors (Lipinski definition) is 1. The molecule has 2 atom stereocenters. The number of nitrogens with one attached hydrogen (secondary N) is 1. The molecular formula is C16H34N2O2. The van der Waals surface area contributed by atoms with Crippen LogP contribution >= 0.6 is 0 Å². The van der Waals surface area contributed by atoms with Crippen molar-refractivity contribution in [3.8, 4) is 0 Å². The second kappa shape index (κ2) is 8.98. The highest BCUT2D eigenvalue weighted by molar-refractivity contribution is 4.91. The lowest BCUT2D eigenvalue weighted by Crippen LogP contribution is -2.60. The Hall–Kier alpha value is -0.160. The molecule has 1 aliphatic rings. The maximum atomic E-state index is 5.73. The fourth-order valence-electron chi connectivity index (χ4n) is 2.85. The third-order valence-corrected chi connectivity index (χ3v) is 4.15. The molecule has 1 N–H and O–H groups in total. The van der Waals surface area contributed by atoms with Crippen LogP contribution in [0.25, 0.3) is 0 Å². The Kier molecular flexibility index (Phi) is 8.03. The maximum absolute atomic E-state index is 5.73. The fourth-order valence-corrected chi connectivity index (χ4v) is 2.85. The number of piperazine rings is 1. The largest absolute Gasteiger partial charge is 0.385 e. The molecule has 4 nitrogen and oxygen atoms in total. The average Bonchev–Trinajstić information content (AvgIpc) is 2.41. The van der Waals surface area contributed by atoms with Crippen molar-refractivity contribution in [3.05, 3.63) is 0 Å². The summed E-state index contributed by atoms with van der Waals surface area (Å²) in [4.78, 5) is 2.61. The quantitative estimate of drug-likeness (QED) is 0.693. The molecule has 0 radical (unpaired) electrons. The van der Waals surface area contributed by atoms with Crippen molar-refractivity contribution in [1.29, 1.82) is 0 Å². The maximum Gasteiger partial charge on any atom is 0.0593 e. The summed E-state index contributed by atoms with van der Waals surface area (Å²) in [6, 6.07) is 1.22. The van der Waals surface area contributed by atoms with Crippen molar-refractivity contribution in [2.75, 3.05) is 46.6 Å². The molecule has 0 aromatic heterocycles. The van der Waals surface area contributed by atoms with Crippen molar-refractivity contribution in [2.45, 2.75) is 52.6 Å². The summed E-state index contributed by atoms with van der Waals surface area (Å²) < 4.78 is 10.8. The highest BCUT2D eigenvalue weighted by Gasteiger charge is 2.34. The highest BCUT2D eigenvalue weighted by Crippen LogP contribution is 2.26. The summed E-state index contributed by atoms with van der Waals surface area (Å²) in [7, 11) is 1.74. The van der Waals surface area contributed by atoms with E-state index in [1.54, 1.807) is 7.11 Å². The smallest absolute Gasteiger partial charge is 0.0593 e. The normalized spacial score (nSPS) is 25.1. The third kappa shape index (κ3) is 6.08. The molecular weight excluding hydrogens is 252 g/mol. The van der Waals surface area contributed by atoms with Gasteiger partial charge in [0.25, 0.3) is 0 Å². The Morgan fingerprint density at radius 3 is 2.55 bits per heavy atom. The van der Waals surface area contributed by atoms with Gasteiger partial charge in [-0.2, -0.15) is 0 Å². The molecule has 1 fully saturated rings. The predicted octanol–water partition coefficient (Wildman–Crippen LogP) is 2.14. The van der Waals surface area contributed by atoms with Crippen LogP contribution in [0, 0.1) is 5.41 Å². The van der Waals surface area contributed by atoms with Gasteiger partial charge in [-0.25, -0.2) is 0 Å². The van der Waals surface area contributed by atoms with Gasteiger partial charge in [0.15, 0.2) is 0 Å². The summed E-state index contributed by atoms with van der Waals surface area (Å²) in [5, 5.41) is 3.67. The van der Waals surface area contributed by atoms with E-state index >= 15 is 0 Å². The predicted molar refractivity (Wildman–Crippen MR) is 84.2 cm³/mol. The lowest BCUT2D eigenvalue weighted by atomic mass is 9.83. The Morgan fingerprint density at radius 2 is 1.95 bits per heavy atom. The van der Waals surface area contributed by atoms with Crippen LogP contribution in [-0.4, -0.2) is 63.5 Å². The van der Waals surface area contributed by atoms with Gasteiger partial charge in [-0.05, 0) is 18.3 Å². The van der Waals surface area contributed by atoms with Crippen LogP contribution in [0.5, 0.6) is 0 Å². The molecule has 2 unspecified atom stereocenters. The number of rotatable bonds is 8. The van der Waals surface area contributed by atoms with Gasteiger partial charge in [0, 0.05) is 52.0 Å². The van der Waals surface area contributed by atoms with E-state index < -0.39 is 0 Å². The van der Waals surface area contributed by atoms with Crippen LogP contribution in [0.15, 0.2) is 0 Å². The second-order valence-electron chi connectivity index (χ2n) is 6.85. The molecule has 1 heterocycles. The van der Waals surface area contributed by atoms with Crippen molar-refractivity contribution in [3.63, 3.8) is 0 Å². The van der Waals surface area contributed by atoms with E-state index in [-0.39, 0.29) is 0 Å².